The van der Waals surface area contributed by atoms with Crippen LogP contribution < -0.4 is 26.6 Å². The molecule has 0 aromatic carbocycles. The Bertz CT molecular complexity index is 1180. The highest BCUT2D eigenvalue weighted by Gasteiger charge is 2.47. The van der Waals surface area contributed by atoms with Gasteiger partial charge in [0.15, 0.2) is 0 Å². The molecule has 3 saturated heterocycles. The number of carbonyl (C=O) groups excluding carboxylic acids is 2. The molecular weight excluding hydrogens is 549 g/mol. The first kappa shape index (κ1) is 29.5. The molecule has 13 atom stereocenters. The number of fused-ring (bicyclic) bond motifs is 4. The number of amides is 2. The number of nitrogens with zero attached hydrogens (tertiary/aromatic N) is 1. The van der Waals surface area contributed by atoms with E-state index >= 15 is 0 Å². The number of H-pyrrole nitrogens is 1. The zero-order valence-corrected chi connectivity index (χ0v) is 26.5. The Morgan fingerprint density at radius 2 is 1.59 bits per heavy atom. The van der Waals surface area contributed by atoms with E-state index in [9.17, 15) is 9.59 Å². The molecule has 0 spiro atoms. The second-order valence-electron chi connectivity index (χ2n) is 16.0. The number of carbonyl (C=O) groups is 2. The van der Waals surface area contributed by atoms with Crippen molar-refractivity contribution < 1.29 is 9.59 Å². The maximum Gasteiger partial charge on any atom is 0.223 e. The second kappa shape index (κ2) is 12.0. The summed E-state index contributed by atoms with van der Waals surface area (Å²) < 4.78 is 0. The fourth-order valence-electron chi connectivity index (χ4n) is 11.0. The van der Waals surface area contributed by atoms with Crippen LogP contribution in [0.15, 0.2) is 0 Å². The third-order valence-corrected chi connectivity index (χ3v) is 13.2. The maximum absolute atomic E-state index is 13.2. The summed E-state index contributed by atoms with van der Waals surface area (Å²) in [5, 5.41) is 17.6. The predicted octanol–water partition coefficient (Wildman–Crippen LogP) is 1.88. The fraction of sp³-hybridized carbons (Fsp3) is 0.853. The number of rotatable bonds is 9. The summed E-state index contributed by atoms with van der Waals surface area (Å²) in [7, 11) is 5.50. The van der Waals surface area contributed by atoms with Gasteiger partial charge in [0.1, 0.15) is 5.82 Å². The average Bonchev–Trinajstić information content (AvgIpc) is 3.81. The fourth-order valence-corrected chi connectivity index (χ4v) is 11.0. The molecule has 2 amide bonds. The summed E-state index contributed by atoms with van der Waals surface area (Å²) in [6.07, 6.45) is 14.1. The van der Waals surface area contributed by atoms with Gasteiger partial charge in [0.2, 0.25) is 11.8 Å². The second-order valence-corrected chi connectivity index (χ2v) is 16.0. The summed E-state index contributed by atoms with van der Waals surface area (Å²) in [5.74, 6) is 5.42. The van der Waals surface area contributed by atoms with E-state index in [0.717, 1.165) is 68.6 Å². The lowest BCUT2D eigenvalue weighted by molar-refractivity contribution is -0.125. The molecule has 4 heterocycles. The highest BCUT2D eigenvalue weighted by Crippen LogP contribution is 2.45. The van der Waals surface area contributed by atoms with E-state index in [1.807, 2.05) is 0 Å². The first-order valence-corrected chi connectivity index (χ1v) is 18.0. The summed E-state index contributed by atoms with van der Waals surface area (Å²) in [6, 6.07) is 2.93. The molecule has 3 aliphatic heterocycles. The van der Waals surface area contributed by atoms with Gasteiger partial charge in [-0.15, -0.1) is 0 Å². The predicted molar refractivity (Wildman–Crippen MR) is 170 cm³/mol. The lowest BCUT2D eigenvalue weighted by Gasteiger charge is -2.21. The molecule has 8 rings (SSSR count). The van der Waals surface area contributed by atoms with E-state index in [4.69, 9.17) is 12.8 Å². The highest BCUT2D eigenvalue weighted by atomic mass is 16.2. The van der Waals surface area contributed by atoms with Crippen molar-refractivity contribution >= 4 is 19.7 Å². The van der Waals surface area contributed by atoms with Crippen LogP contribution in [0.1, 0.15) is 94.3 Å². The Hall–Kier alpha value is -1.91. The van der Waals surface area contributed by atoms with E-state index in [2.05, 4.69) is 38.5 Å². The molecule has 0 bridgehead atoms. The number of hydrogen-bond donors (Lipinski definition) is 6. The molecule has 1 aromatic rings. The first-order valence-electron chi connectivity index (χ1n) is 18.0. The van der Waals surface area contributed by atoms with Crippen molar-refractivity contribution in [3.63, 3.8) is 0 Å². The third kappa shape index (κ3) is 5.66. The van der Waals surface area contributed by atoms with Crippen LogP contribution in [0.4, 0.5) is 0 Å². The molecule has 10 heteroatoms. The minimum atomic E-state index is 0.103. The molecule has 7 aliphatic rings. The Balaban J connectivity index is 0.756. The highest BCUT2D eigenvalue weighted by molar-refractivity contribution is 6.10. The van der Waals surface area contributed by atoms with Gasteiger partial charge in [0.25, 0.3) is 0 Å². The van der Waals surface area contributed by atoms with Crippen LogP contribution >= 0.6 is 0 Å². The molecule has 238 valence electrons. The van der Waals surface area contributed by atoms with E-state index in [1.165, 1.54) is 50.0 Å². The molecule has 4 aliphatic carbocycles. The summed E-state index contributed by atoms with van der Waals surface area (Å²) in [4.78, 5) is 34.1. The molecule has 3 saturated carbocycles. The molecule has 6 N–H and O–H groups in total. The zero-order chi connectivity index (χ0) is 29.9. The molecule has 6 fully saturated rings. The van der Waals surface area contributed by atoms with Crippen molar-refractivity contribution in [3.05, 3.63) is 17.2 Å². The molecule has 44 heavy (non-hydrogen) atoms. The van der Waals surface area contributed by atoms with Gasteiger partial charge in [0.05, 0.1) is 13.5 Å². The van der Waals surface area contributed by atoms with Crippen molar-refractivity contribution in [1.82, 2.24) is 36.6 Å². The van der Waals surface area contributed by atoms with Crippen molar-refractivity contribution in [2.45, 2.75) is 120 Å². The smallest absolute Gasteiger partial charge is 0.223 e. The Kier molecular flexibility index (Phi) is 8.07. The van der Waals surface area contributed by atoms with Crippen molar-refractivity contribution in [1.29, 1.82) is 0 Å². The number of nitrogens with one attached hydrogen (secondary N) is 6. The molecule has 9 nitrogen and oxygen atoms in total. The Morgan fingerprint density at radius 3 is 2.32 bits per heavy atom. The quantitative estimate of drug-likeness (QED) is 0.241. The van der Waals surface area contributed by atoms with Crippen LogP contribution in [0.25, 0.3) is 0 Å². The minimum absolute atomic E-state index is 0.103. The van der Waals surface area contributed by atoms with Crippen molar-refractivity contribution in [2.75, 3.05) is 19.5 Å². The number of aromatic amines is 1. The summed E-state index contributed by atoms with van der Waals surface area (Å²) in [5.41, 5.74) is 2.49. The normalized spacial score (nSPS) is 41.4. The van der Waals surface area contributed by atoms with Crippen LogP contribution in [-0.4, -0.2) is 79.4 Å². The van der Waals surface area contributed by atoms with E-state index in [1.54, 1.807) is 0 Å². The van der Waals surface area contributed by atoms with Gasteiger partial charge in [-0.3, -0.25) is 9.59 Å². The zero-order valence-electron chi connectivity index (χ0n) is 26.5. The van der Waals surface area contributed by atoms with Crippen LogP contribution in [0, 0.1) is 41.4 Å². The van der Waals surface area contributed by atoms with Gasteiger partial charge in [-0.25, -0.2) is 4.98 Å². The average molecular weight is 602 g/mol. The first-order chi connectivity index (χ1) is 21.4. The lowest BCUT2D eigenvalue weighted by Crippen LogP contribution is -2.37. The summed E-state index contributed by atoms with van der Waals surface area (Å²) >= 11 is 0. The van der Waals surface area contributed by atoms with E-state index in [-0.39, 0.29) is 36.0 Å². The largest absolute Gasteiger partial charge is 0.365 e. The van der Waals surface area contributed by atoms with Crippen molar-refractivity contribution in [3.8, 4) is 0 Å². The van der Waals surface area contributed by atoms with E-state index in [0.29, 0.717) is 48.5 Å². The standard InChI is InChI=1S/C34H52BN7O2/c1-17(15-37-33(43)23-7-20-9-25(39-27(20)13-23)5-18-4-19-2-3-36-26(19)6-18)32-41-30-11-22(12-31(30)42-32)28-10-21-8-24(14-29(21)40-28)34(44)38-16-35/h17-29,36,39-40H,2-16H2,1H3,(H,37,43)(H,38,44)(H,41,42)/t17?,18-,19-,20+,21?,23+,24-,25-,26?,27?,28-,29-/m1/s1. The van der Waals surface area contributed by atoms with Gasteiger partial charge in [0, 0.05) is 60.2 Å². The van der Waals surface area contributed by atoms with Gasteiger partial charge in [-0.05, 0) is 120 Å². The number of hydrogen-bond acceptors (Lipinski definition) is 6. The van der Waals surface area contributed by atoms with Crippen LogP contribution in [0.3, 0.4) is 0 Å². The van der Waals surface area contributed by atoms with Crippen LogP contribution in [0.2, 0.25) is 0 Å². The number of aromatic nitrogens is 2. The van der Waals surface area contributed by atoms with Crippen molar-refractivity contribution in [2.24, 2.45) is 41.4 Å². The van der Waals surface area contributed by atoms with Gasteiger partial charge in [-0.1, -0.05) is 6.92 Å². The molecule has 2 radical (unpaired) electrons. The van der Waals surface area contributed by atoms with Crippen LogP contribution in [-0.2, 0) is 22.4 Å². The Labute approximate surface area is 263 Å². The van der Waals surface area contributed by atoms with Gasteiger partial charge < -0.3 is 31.6 Å². The van der Waals surface area contributed by atoms with Gasteiger partial charge in [-0.2, -0.15) is 0 Å². The molecule has 4 unspecified atom stereocenters. The topological polar surface area (TPSA) is 123 Å². The van der Waals surface area contributed by atoms with Gasteiger partial charge >= 0.3 is 0 Å². The van der Waals surface area contributed by atoms with E-state index < -0.39 is 0 Å². The number of imidazole rings is 1. The monoisotopic (exact) mass is 601 g/mol. The summed E-state index contributed by atoms with van der Waals surface area (Å²) in [6.45, 7) is 4.03. The lowest BCUT2D eigenvalue weighted by atomic mass is 9.91. The minimum Gasteiger partial charge on any atom is -0.365 e. The maximum atomic E-state index is 13.2. The van der Waals surface area contributed by atoms with Crippen LogP contribution in [0.5, 0.6) is 0 Å². The molecule has 1 aromatic heterocycles. The molecular formula is C34H52BN7O2. The third-order valence-electron chi connectivity index (χ3n) is 13.2. The Morgan fingerprint density at radius 1 is 0.841 bits per heavy atom. The SMILES string of the molecule is [B]CNC(=O)[C@@H]1CC2C[C@H]([C@@H]3Cc4nc(C(C)CNC(=O)[C@@H]5CC6N[C@H](C[C@@H]7CC8NCC[C@@H]8C7)C[C@@H]6C5)[nH]c4C3)N[C@@H]2C1.